The molecule has 0 radical (unpaired) electrons. The van der Waals surface area contributed by atoms with Crippen LogP contribution in [-0.2, 0) is 4.74 Å². The lowest BCUT2D eigenvalue weighted by molar-refractivity contribution is 0.0895. The predicted molar refractivity (Wildman–Crippen MR) is 77.7 cm³/mol. The summed E-state index contributed by atoms with van der Waals surface area (Å²) in [6.07, 6.45) is 0.826. The van der Waals surface area contributed by atoms with Crippen molar-refractivity contribution in [2.75, 3.05) is 19.0 Å². The molecule has 1 unspecified atom stereocenters. The highest BCUT2D eigenvalue weighted by Crippen LogP contribution is 2.15. The Labute approximate surface area is 121 Å². The summed E-state index contributed by atoms with van der Waals surface area (Å²) < 4.78 is 5.09. The van der Waals surface area contributed by atoms with Crippen LogP contribution in [0.2, 0.25) is 5.02 Å². The van der Waals surface area contributed by atoms with Gasteiger partial charge in [0, 0.05) is 23.0 Å². The molecule has 1 rings (SSSR count). The highest BCUT2D eigenvalue weighted by atomic mass is 79.9. The molecule has 1 N–H and O–H groups in total. The lowest BCUT2D eigenvalue weighted by atomic mass is 10.1. The third-order valence-corrected chi connectivity index (χ3v) is 3.29. The van der Waals surface area contributed by atoms with E-state index in [2.05, 4.69) is 21.2 Å². The molecule has 0 aromatic heterocycles. The van der Waals surface area contributed by atoms with Gasteiger partial charge in [-0.2, -0.15) is 0 Å². The first-order valence-electron chi connectivity index (χ1n) is 5.70. The molecule has 5 heteroatoms. The van der Waals surface area contributed by atoms with E-state index in [1.54, 1.807) is 25.3 Å². The molecule has 0 spiro atoms. The largest absolute Gasteiger partial charge is 0.383 e. The summed E-state index contributed by atoms with van der Waals surface area (Å²) in [4.78, 5) is 12.1. The van der Waals surface area contributed by atoms with Crippen molar-refractivity contribution in [3.63, 3.8) is 0 Å². The Morgan fingerprint density at radius 1 is 1.56 bits per heavy atom. The monoisotopic (exact) mass is 333 g/mol. The number of nitrogens with one attached hydrogen (secondary N) is 1. The number of ether oxygens (including phenoxy) is 1. The zero-order valence-electron chi connectivity index (χ0n) is 10.5. The van der Waals surface area contributed by atoms with E-state index in [4.69, 9.17) is 16.3 Å². The number of hydrogen-bond donors (Lipinski definition) is 1. The van der Waals surface area contributed by atoms with Crippen molar-refractivity contribution in [1.82, 2.24) is 5.32 Å². The number of carbonyl (C=O) groups excluding carboxylic acids is 1. The smallest absolute Gasteiger partial charge is 0.251 e. The van der Waals surface area contributed by atoms with Crippen molar-refractivity contribution in [3.8, 4) is 0 Å². The van der Waals surface area contributed by atoms with Gasteiger partial charge in [0.15, 0.2) is 0 Å². The van der Waals surface area contributed by atoms with Crippen molar-refractivity contribution in [2.45, 2.75) is 19.4 Å². The van der Waals surface area contributed by atoms with Gasteiger partial charge in [0.1, 0.15) is 0 Å². The van der Waals surface area contributed by atoms with E-state index in [1.165, 1.54) is 0 Å². The molecule has 1 amide bonds. The third kappa shape index (κ3) is 4.59. The van der Waals surface area contributed by atoms with Crippen molar-refractivity contribution in [2.24, 2.45) is 0 Å². The zero-order valence-corrected chi connectivity index (χ0v) is 12.8. The molecule has 0 aliphatic carbocycles. The summed E-state index contributed by atoms with van der Waals surface area (Å²) in [5, 5.41) is 4.42. The number of hydrogen-bond acceptors (Lipinski definition) is 2. The zero-order chi connectivity index (χ0) is 13.5. The fourth-order valence-corrected chi connectivity index (χ4v) is 2.45. The van der Waals surface area contributed by atoms with Crippen molar-refractivity contribution >= 4 is 33.4 Å². The second-order valence-electron chi connectivity index (χ2n) is 4.06. The fourth-order valence-electron chi connectivity index (χ4n) is 1.68. The molecule has 1 aromatic carbocycles. The first kappa shape index (κ1) is 15.5. The number of methoxy groups -OCH3 is 1. The minimum Gasteiger partial charge on any atom is -0.383 e. The van der Waals surface area contributed by atoms with Crippen molar-refractivity contribution < 1.29 is 9.53 Å². The van der Waals surface area contributed by atoms with Crippen LogP contribution in [0.1, 0.15) is 22.3 Å². The summed E-state index contributed by atoms with van der Waals surface area (Å²) >= 11 is 9.23. The maximum absolute atomic E-state index is 12.1. The Balaban J connectivity index is 2.73. The van der Waals surface area contributed by atoms with Gasteiger partial charge >= 0.3 is 0 Å². The Morgan fingerprint density at radius 2 is 2.28 bits per heavy atom. The molecule has 0 heterocycles. The van der Waals surface area contributed by atoms with E-state index < -0.39 is 0 Å². The fraction of sp³-hybridized carbons (Fsp3) is 0.462. The van der Waals surface area contributed by atoms with Gasteiger partial charge in [-0.15, -0.1) is 0 Å². The van der Waals surface area contributed by atoms with E-state index in [9.17, 15) is 4.79 Å². The molecule has 0 saturated heterocycles. The van der Waals surface area contributed by atoms with Crippen LogP contribution in [-0.4, -0.2) is 31.0 Å². The molecule has 0 fully saturated rings. The molecular formula is C13H17BrClNO2. The first-order valence-corrected chi connectivity index (χ1v) is 7.20. The second kappa shape index (κ2) is 7.77. The normalized spacial score (nSPS) is 12.2. The number of carbonyl (C=O) groups is 1. The van der Waals surface area contributed by atoms with Gasteiger partial charge in [0.25, 0.3) is 5.91 Å². The van der Waals surface area contributed by atoms with Gasteiger partial charge < -0.3 is 10.1 Å². The van der Waals surface area contributed by atoms with Gasteiger partial charge in [-0.3, -0.25) is 4.79 Å². The van der Waals surface area contributed by atoms with Crippen molar-refractivity contribution in [3.05, 3.63) is 34.3 Å². The standard InChI is InChI=1S/C13H17BrClNO2/c1-9-7-10(15)3-4-12(9)13(17)16-11(5-6-14)8-18-2/h3-4,7,11H,5-6,8H2,1-2H3,(H,16,17). The third-order valence-electron chi connectivity index (χ3n) is 2.59. The van der Waals surface area contributed by atoms with E-state index in [0.717, 1.165) is 17.3 Å². The number of benzene rings is 1. The van der Waals surface area contributed by atoms with Crippen LogP contribution in [0.25, 0.3) is 0 Å². The minimum absolute atomic E-state index is 0.0111. The summed E-state index contributed by atoms with van der Waals surface area (Å²) in [5.41, 5.74) is 1.52. The SMILES string of the molecule is COCC(CCBr)NC(=O)c1ccc(Cl)cc1C. The summed E-state index contributed by atoms with van der Waals surface area (Å²) in [6, 6.07) is 5.26. The number of rotatable bonds is 6. The Bertz CT molecular complexity index is 406. The predicted octanol–water partition coefficient (Wildman–Crippen LogP) is 3.18. The van der Waals surface area contributed by atoms with Gasteiger partial charge in [-0.1, -0.05) is 27.5 Å². The number of amides is 1. The molecule has 1 atom stereocenters. The van der Waals surface area contributed by atoms with E-state index in [1.807, 2.05) is 6.92 Å². The Kier molecular flexibility index (Phi) is 6.68. The van der Waals surface area contributed by atoms with Gasteiger partial charge in [-0.05, 0) is 37.1 Å². The van der Waals surface area contributed by atoms with E-state index in [0.29, 0.717) is 17.2 Å². The molecule has 0 aliphatic rings. The Hall–Kier alpha value is -0.580. The molecule has 18 heavy (non-hydrogen) atoms. The summed E-state index contributed by atoms with van der Waals surface area (Å²) in [5.74, 6) is -0.0906. The lowest BCUT2D eigenvalue weighted by Crippen LogP contribution is -2.38. The number of aryl methyl sites for hydroxylation is 1. The van der Waals surface area contributed by atoms with Crippen LogP contribution >= 0.6 is 27.5 Å². The molecule has 0 saturated carbocycles. The molecule has 0 bridgehead atoms. The van der Waals surface area contributed by atoms with Gasteiger partial charge in [0.2, 0.25) is 0 Å². The maximum Gasteiger partial charge on any atom is 0.251 e. The van der Waals surface area contributed by atoms with Crippen LogP contribution in [0, 0.1) is 6.92 Å². The molecular weight excluding hydrogens is 318 g/mol. The topological polar surface area (TPSA) is 38.3 Å². The average molecular weight is 335 g/mol. The maximum atomic E-state index is 12.1. The van der Waals surface area contributed by atoms with Crippen LogP contribution in [0.15, 0.2) is 18.2 Å². The highest BCUT2D eigenvalue weighted by molar-refractivity contribution is 9.09. The molecule has 0 aliphatic heterocycles. The number of halogens is 2. The summed E-state index contributed by atoms with van der Waals surface area (Å²) in [6.45, 7) is 2.38. The van der Waals surface area contributed by atoms with E-state index in [-0.39, 0.29) is 11.9 Å². The minimum atomic E-state index is -0.0906. The van der Waals surface area contributed by atoms with Crippen LogP contribution in [0.4, 0.5) is 0 Å². The highest BCUT2D eigenvalue weighted by Gasteiger charge is 2.14. The second-order valence-corrected chi connectivity index (χ2v) is 5.29. The van der Waals surface area contributed by atoms with Crippen LogP contribution in [0.3, 0.4) is 0 Å². The van der Waals surface area contributed by atoms with E-state index >= 15 is 0 Å². The van der Waals surface area contributed by atoms with Gasteiger partial charge in [-0.25, -0.2) is 0 Å². The quantitative estimate of drug-likeness (QED) is 0.812. The molecule has 3 nitrogen and oxygen atoms in total. The van der Waals surface area contributed by atoms with Crippen LogP contribution < -0.4 is 5.32 Å². The van der Waals surface area contributed by atoms with Crippen LogP contribution in [0.5, 0.6) is 0 Å². The van der Waals surface area contributed by atoms with Gasteiger partial charge in [0.05, 0.1) is 12.6 Å². The molecule has 1 aromatic rings. The summed E-state index contributed by atoms with van der Waals surface area (Å²) in [7, 11) is 1.63. The Morgan fingerprint density at radius 3 is 2.83 bits per heavy atom. The van der Waals surface area contributed by atoms with Crippen molar-refractivity contribution in [1.29, 1.82) is 0 Å². The first-order chi connectivity index (χ1) is 8.58. The molecule has 100 valence electrons. The lowest BCUT2D eigenvalue weighted by Gasteiger charge is -2.17. The number of alkyl halides is 1. The average Bonchev–Trinajstić information content (AvgIpc) is 2.29.